The number of imide groups is 1. The van der Waals surface area contributed by atoms with Gasteiger partial charge in [0.15, 0.2) is 0 Å². The van der Waals surface area contributed by atoms with Crippen LogP contribution in [0.5, 0.6) is 0 Å². The molecule has 1 aromatic carbocycles. The van der Waals surface area contributed by atoms with Crippen LogP contribution in [0.2, 0.25) is 0 Å². The molecule has 1 atom stereocenters. The molecule has 0 spiro atoms. The average Bonchev–Trinajstić information content (AvgIpc) is 3.24. The number of fused-ring (bicyclic) bond motifs is 1. The van der Waals surface area contributed by atoms with Gasteiger partial charge < -0.3 is 40.5 Å². The summed E-state index contributed by atoms with van der Waals surface area (Å²) in [6, 6.07) is 3.92. The van der Waals surface area contributed by atoms with E-state index in [1.807, 2.05) is 18.7 Å². The molecule has 0 bridgehead atoms. The number of nitrogens with two attached hydrogens (primary N) is 1. The second-order valence-corrected chi connectivity index (χ2v) is 9.99. The Kier molecular flexibility index (Phi) is 21.4. The standard InChI is InChI=1S/C24H31N5O5.2C2H6O.C2H6.FH.H2O.H2/c1-26-10-12-28(13-11-26)22(32)16-6-8-27(9-7-16)17-4-5-18-19(15-17)24(34)29(23(18)33)20(21(25)31)3-2-14-30;1-3-2;1-2-3;1-2;;;/h4-5,14-16,20H,2-3,6-13H2,1H3,(H2,25,31);1-2H3;3H,2H2,1H3;1-2H3;1H;1H2;1H. The van der Waals surface area contributed by atoms with Gasteiger partial charge in [-0.2, -0.15) is 0 Å². The summed E-state index contributed by atoms with van der Waals surface area (Å²) in [6.45, 7) is 10.6. The third-order valence-corrected chi connectivity index (χ3v) is 7.12. The van der Waals surface area contributed by atoms with Gasteiger partial charge in [-0.15, -0.1) is 0 Å². The molecule has 44 heavy (non-hydrogen) atoms. The number of carbonyl (C=O) groups excluding carboxylic acids is 5. The van der Waals surface area contributed by atoms with Crippen molar-refractivity contribution in [1.82, 2.24) is 14.7 Å². The summed E-state index contributed by atoms with van der Waals surface area (Å²) in [5, 5.41) is 7.57. The molecular weight excluding hydrogens is 577 g/mol. The minimum Gasteiger partial charge on any atom is -0.412 e. The van der Waals surface area contributed by atoms with E-state index in [2.05, 4.69) is 21.6 Å². The number of hydrogen-bond donors (Lipinski definition) is 2. The number of halogens is 1. The molecule has 1 unspecified atom stereocenters. The first-order valence-electron chi connectivity index (χ1n) is 14.6. The van der Waals surface area contributed by atoms with Crippen molar-refractivity contribution in [3.05, 3.63) is 29.3 Å². The molecule has 0 aliphatic carbocycles. The van der Waals surface area contributed by atoms with Gasteiger partial charge in [0.2, 0.25) is 11.8 Å². The topological polar surface area (TPSA) is 185 Å². The number of primary amides is 1. The van der Waals surface area contributed by atoms with Crippen LogP contribution >= 0.6 is 0 Å². The Labute approximate surface area is 261 Å². The van der Waals surface area contributed by atoms with Crippen LogP contribution in [0.15, 0.2) is 18.2 Å². The summed E-state index contributed by atoms with van der Waals surface area (Å²) in [5.41, 5.74) is 6.68. The maximum atomic E-state index is 13.0. The number of rotatable bonds is 7. The van der Waals surface area contributed by atoms with E-state index in [0.29, 0.717) is 19.4 Å². The normalized spacial score (nSPS) is 16.8. The molecule has 0 saturated carbocycles. The second-order valence-electron chi connectivity index (χ2n) is 9.99. The van der Waals surface area contributed by atoms with Crippen LogP contribution in [0, 0.1) is 5.92 Å². The first-order chi connectivity index (χ1) is 20.1. The molecule has 14 heteroatoms. The smallest absolute Gasteiger partial charge is 0.262 e. The van der Waals surface area contributed by atoms with Crippen molar-refractivity contribution >= 4 is 35.6 Å². The average molecular weight is 632 g/mol. The van der Waals surface area contributed by atoms with E-state index in [4.69, 9.17) is 10.8 Å². The highest BCUT2D eigenvalue weighted by atomic mass is 19.0. The minimum atomic E-state index is -1.16. The monoisotopic (exact) mass is 631 g/mol. The third-order valence-electron chi connectivity index (χ3n) is 7.12. The molecular formula is C30H54FN5O8. The number of aldehydes is 1. The second kappa shape index (κ2) is 22.1. The highest BCUT2D eigenvalue weighted by Crippen LogP contribution is 2.32. The molecule has 3 heterocycles. The van der Waals surface area contributed by atoms with Crippen molar-refractivity contribution in [2.75, 3.05) is 72.0 Å². The highest BCUT2D eigenvalue weighted by molar-refractivity contribution is 6.23. The summed E-state index contributed by atoms with van der Waals surface area (Å²) >= 11 is 0. The molecule has 0 aromatic heterocycles. The van der Waals surface area contributed by atoms with Crippen LogP contribution < -0.4 is 10.6 Å². The van der Waals surface area contributed by atoms with Crippen LogP contribution in [0.25, 0.3) is 0 Å². The van der Waals surface area contributed by atoms with Crippen LogP contribution in [-0.4, -0.2) is 128 Å². The Balaban J connectivity index is -0.00000146. The van der Waals surface area contributed by atoms with Gasteiger partial charge in [0.25, 0.3) is 11.8 Å². The zero-order valence-corrected chi connectivity index (χ0v) is 26.9. The first kappa shape index (κ1) is 42.7. The highest BCUT2D eigenvalue weighted by Gasteiger charge is 2.42. The van der Waals surface area contributed by atoms with E-state index in [1.165, 1.54) is 0 Å². The van der Waals surface area contributed by atoms with Gasteiger partial charge >= 0.3 is 0 Å². The maximum absolute atomic E-state index is 13.0. The molecule has 13 nitrogen and oxygen atoms in total. The lowest BCUT2D eigenvalue weighted by Gasteiger charge is -2.38. The van der Waals surface area contributed by atoms with Crippen molar-refractivity contribution < 1.29 is 45.4 Å². The lowest BCUT2D eigenvalue weighted by atomic mass is 9.94. The Morgan fingerprint density at radius 1 is 1.05 bits per heavy atom. The fraction of sp³-hybridized carbons (Fsp3) is 0.633. The van der Waals surface area contributed by atoms with Gasteiger partial charge in [0.05, 0.1) is 11.1 Å². The number of hydrogen-bond acceptors (Lipinski definition) is 9. The van der Waals surface area contributed by atoms with Crippen LogP contribution in [-0.2, 0) is 19.1 Å². The summed E-state index contributed by atoms with van der Waals surface area (Å²) in [6.07, 6.45) is 2.12. The van der Waals surface area contributed by atoms with Gasteiger partial charge in [-0.3, -0.25) is 28.8 Å². The molecule has 3 aliphatic heterocycles. The van der Waals surface area contributed by atoms with Crippen LogP contribution in [0.4, 0.5) is 10.4 Å². The Morgan fingerprint density at radius 2 is 1.55 bits per heavy atom. The van der Waals surface area contributed by atoms with Gasteiger partial charge in [0.1, 0.15) is 12.3 Å². The summed E-state index contributed by atoms with van der Waals surface area (Å²) in [5.74, 6) is -1.73. The van der Waals surface area contributed by atoms with Crippen molar-refractivity contribution in [1.29, 1.82) is 0 Å². The number of methoxy groups -OCH3 is 1. The molecule has 4 amide bonds. The molecule has 2 fully saturated rings. The largest absolute Gasteiger partial charge is 0.412 e. The fourth-order valence-electron chi connectivity index (χ4n) is 5.02. The number of piperidine rings is 1. The molecule has 4 rings (SSSR count). The number of aliphatic hydroxyl groups excluding tert-OH is 1. The summed E-state index contributed by atoms with van der Waals surface area (Å²) < 4.78 is 4.25. The molecule has 2 saturated heterocycles. The lowest BCUT2D eigenvalue weighted by Crippen LogP contribution is -2.50. The Bertz CT molecular complexity index is 1050. The fourth-order valence-corrected chi connectivity index (χ4v) is 5.02. The molecule has 5 N–H and O–H groups in total. The van der Waals surface area contributed by atoms with Gasteiger partial charge in [-0.25, -0.2) is 0 Å². The molecule has 3 aliphatic rings. The zero-order valence-electron chi connectivity index (χ0n) is 26.9. The number of ether oxygens (including phenoxy) is 1. The van der Waals surface area contributed by atoms with E-state index in [9.17, 15) is 24.0 Å². The Morgan fingerprint density at radius 3 is 2.02 bits per heavy atom. The number of nitrogens with zero attached hydrogens (tertiary/aromatic N) is 4. The number of likely N-dealkylation sites (N-methyl/N-ethyl adjacent to an activating group) is 1. The first-order valence-corrected chi connectivity index (χ1v) is 14.6. The number of aliphatic hydroxyl groups is 1. The minimum absolute atomic E-state index is 0. The third kappa shape index (κ3) is 11.2. The Hall–Kier alpha value is -3.46. The van der Waals surface area contributed by atoms with Crippen molar-refractivity contribution in [3.63, 3.8) is 0 Å². The van der Waals surface area contributed by atoms with E-state index in [-0.39, 0.29) is 54.0 Å². The van der Waals surface area contributed by atoms with E-state index < -0.39 is 23.8 Å². The number of piperazine rings is 1. The number of anilines is 1. The van der Waals surface area contributed by atoms with Crippen LogP contribution in [0.3, 0.4) is 0 Å². The summed E-state index contributed by atoms with van der Waals surface area (Å²) in [4.78, 5) is 68.6. The predicted octanol–water partition coefficient (Wildman–Crippen LogP) is 0.967. The predicted molar refractivity (Wildman–Crippen MR) is 170 cm³/mol. The van der Waals surface area contributed by atoms with Gasteiger partial charge in [0, 0.05) is 79.5 Å². The lowest BCUT2D eigenvalue weighted by molar-refractivity contribution is -0.137. The quantitative estimate of drug-likeness (QED) is 0.327. The zero-order chi connectivity index (χ0) is 31.8. The van der Waals surface area contributed by atoms with Crippen molar-refractivity contribution in [2.45, 2.75) is 52.5 Å². The van der Waals surface area contributed by atoms with E-state index >= 15 is 0 Å². The van der Waals surface area contributed by atoms with Gasteiger partial charge in [-0.1, -0.05) is 13.8 Å². The molecule has 0 radical (unpaired) electrons. The maximum Gasteiger partial charge on any atom is 0.262 e. The van der Waals surface area contributed by atoms with E-state index in [0.717, 1.165) is 49.6 Å². The van der Waals surface area contributed by atoms with Crippen molar-refractivity contribution in [2.24, 2.45) is 11.7 Å². The molecule has 254 valence electrons. The number of carbonyl (C=O) groups is 5. The molecule has 1 aromatic rings. The van der Waals surface area contributed by atoms with Crippen LogP contribution in [0.1, 0.15) is 68.6 Å². The number of benzene rings is 1. The van der Waals surface area contributed by atoms with Gasteiger partial charge in [-0.05, 0) is 51.4 Å². The van der Waals surface area contributed by atoms with E-state index in [1.54, 1.807) is 39.3 Å². The SMILES string of the molecule is CC.CCO.CN1CCN(C(=O)C2CCN(c3ccc4c(c3)C(=O)N(C(CCC=O)C(N)=O)C4=O)CC2)CC1.COC.F.O.[HH]. The number of amides is 4. The van der Waals surface area contributed by atoms with Crippen molar-refractivity contribution in [3.8, 4) is 0 Å². The summed E-state index contributed by atoms with van der Waals surface area (Å²) in [7, 11) is 5.31.